The van der Waals surface area contributed by atoms with Gasteiger partial charge in [-0.1, -0.05) is 6.07 Å². The number of hydrogen-bond acceptors (Lipinski definition) is 4. The number of nitrogens with zero attached hydrogens (tertiary/aromatic N) is 1. The van der Waals surface area contributed by atoms with Gasteiger partial charge in [0.1, 0.15) is 5.82 Å². The van der Waals surface area contributed by atoms with Gasteiger partial charge in [-0.2, -0.15) is 0 Å². The predicted octanol–water partition coefficient (Wildman–Crippen LogP) is 2.90. The van der Waals surface area contributed by atoms with Crippen molar-refractivity contribution in [2.24, 2.45) is 0 Å². The minimum Gasteiger partial charge on any atom is -0.373 e. The van der Waals surface area contributed by atoms with Gasteiger partial charge in [0.2, 0.25) is 0 Å². The molecule has 2 heterocycles. The highest BCUT2D eigenvalue weighted by Gasteiger charge is 2.11. The van der Waals surface area contributed by atoms with Gasteiger partial charge in [0, 0.05) is 30.7 Å². The molecule has 1 aliphatic rings. The summed E-state index contributed by atoms with van der Waals surface area (Å²) >= 11 is 0. The van der Waals surface area contributed by atoms with Gasteiger partial charge in [-0.25, -0.2) is 4.98 Å². The van der Waals surface area contributed by atoms with Gasteiger partial charge in [0.05, 0.1) is 13.2 Å². The van der Waals surface area contributed by atoms with E-state index in [1.165, 1.54) is 11.1 Å². The molecule has 0 radical (unpaired) electrons. The van der Waals surface area contributed by atoms with Crippen molar-refractivity contribution in [3.63, 3.8) is 0 Å². The van der Waals surface area contributed by atoms with Crippen LogP contribution in [0.5, 0.6) is 0 Å². The summed E-state index contributed by atoms with van der Waals surface area (Å²) in [4.78, 5) is 4.19. The number of ether oxygens (including phenoxy) is 1. The number of anilines is 3. The van der Waals surface area contributed by atoms with Crippen LogP contribution < -0.4 is 10.6 Å². The van der Waals surface area contributed by atoms with Crippen molar-refractivity contribution in [1.82, 2.24) is 4.98 Å². The van der Waals surface area contributed by atoms with Gasteiger partial charge in [-0.3, -0.25) is 0 Å². The van der Waals surface area contributed by atoms with Crippen molar-refractivity contribution in [2.75, 3.05) is 17.7 Å². The highest BCUT2D eigenvalue weighted by atomic mass is 16.5. The van der Waals surface area contributed by atoms with Crippen LogP contribution in [0.2, 0.25) is 0 Å². The summed E-state index contributed by atoms with van der Waals surface area (Å²) in [6.07, 6.45) is 1.78. The fourth-order valence-corrected chi connectivity index (χ4v) is 2.06. The standard InChI is InChI=1S/C14H15N3O/c1-15-14-7-13(4-5-16-14)17-12-3-2-10-8-18-9-11(10)6-12/h2-7H,8-9H2,1H3,(H2,15,16,17). The van der Waals surface area contributed by atoms with Gasteiger partial charge in [-0.15, -0.1) is 0 Å². The molecular weight excluding hydrogens is 226 g/mol. The molecule has 0 aliphatic carbocycles. The second-order valence-electron chi connectivity index (χ2n) is 4.28. The zero-order chi connectivity index (χ0) is 12.4. The molecule has 0 saturated carbocycles. The lowest BCUT2D eigenvalue weighted by Gasteiger charge is -2.09. The normalized spacial score (nSPS) is 13.2. The lowest BCUT2D eigenvalue weighted by atomic mass is 10.1. The quantitative estimate of drug-likeness (QED) is 0.867. The van der Waals surface area contributed by atoms with Crippen LogP contribution in [0.25, 0.3) is 0 Å². The third-order valence-corrected chi connectivity index (χ3v) is 3.03. The van der Waals surface area contributed by atoms with Crippen molar-refractivity contribution < 1.29 is 4.74 Å². The molecule has 0 saturated heterocycles. The number of nitrogens with one attached hydrogen (secondary N) is 2. The van der Waals surface area contributed by atoms with E-state index < -0.39 is 0 Å². The first kappa shape index (κ1) is 11.0. The summed E-state index contributed by atoms with van der Waals surface area (Å²) in [7, 11) is 1.86. The minimum atomic E-state index is 0.711. The van der Waals surface area contributed by atoms with E-state index in [2.05, 4.69) is 33.8 Å². The second kappa shape index (κ2) is 4.66. The fraction of sp³-hybridized carbons (Fsp3) is 0.214. The van der Waals surface area contributed by atoms with Crippen LogP contribution in [-0.2, 0) is 18.0 Å². The molecule has 1 aliphatic heterocycles. The molecule has 2 N–H and O–H groups in total. The number of hydrogen-bond donors (Lipinski definition) is 2. The molecule has 0 fully saturated rings. The molecule has 18 heavy (non-hydrogen) atoms. The van der Waals surface area contributed by atoms with Crippen LogP contribution in [0, 0.1) is 0 Å². The van der Waals surface area contributed by atoms with E-state index in [1.807, 2.05) is 19.2 Å². The molecule has 0 unspecified atom stereocenters. The zero-order valence-corrected chi connectivity index (χ0v) is 10.2. The summed E-state index contributed by atoms with van der Waals surface area (Å²) in [6, 6.07) is 10.3. The molecule has 4 nitrogen and oxygen atoms in total. The number of aromatic nitrogens is 1. The van der Waals surface area contributed by atoms with E-state index in [0.29, 0.717) is 6.61 Å². The molecule has 0 amide bonds. The van der Waals surface area contributed by atoms with Gasteiger partial charge in [-0.05, 0) is 29.3 Å². The van der Waals surface area contributed by atoms with Crippen molar-refractivity contribution >= 4 is 17.2 Å². The number of rotatable bonds is 3. The van der Waals surface area contributed by atoms with Crippen LogP contribution in [0.1, 0.15) is 11.1 Å². The molecule has 1 aromatic carbocycles. The summed E-state index contributed by atoms with van der Waals surface area (Å²) in [5.41, 5.74) is 4.65. The molecule has 0 atom stereocenters. The average Bonchev–Trinajstić information content (AvgIpc) is 2.86. The Morgan fingerprint density at radius 2 is 1.89 bits per heavy atom. The lowest BCUT2D eigenvalue weighted by Crippen LogP contribution is -1.96. The zero-order valence-electron chi connectivity index (χ0n) is 10.2. The monoisotopic (exact) mass is 241 g/mol. The van der Waals surface area contributed by atoms with E-state index >= 15 is 0 Å². The molecule has 0 spiro atoms. The third-order valence-electron chi connectivity index (χ3n) is 3.03. The Morgan fingerprint density at radius 3 is 2.78 bits per heavy atom. The highest BCUT2D eigenvalue weighted by Crippen LogP contribution is 2.25. The maximum Gasteiger partial charge on any atom is 0.127 e. The molecule has 3 rings (SSSR count). The largest absolute Gasteiger partial charge is 0.373 e. The van der Waals surface area contributed by atoms with Crippen molar-refractivity contribution in [3.05, 3.63) is 47.7 Å². The van der Waals surface area contributed by atoms with E-state index in [-0.39, 0.29) is 0 Å². The van der Waals surface area contributed by atoms with Crippen LogP contribution in [0.4, 0.5) is 17.2 Å². The van der Waals surface area contributed by atoms with Crippen molar-refractivity contribution in [3.8, 4) is 0 Å². The van der Waals surface area contributed by atoms with Gasteiger partial charge in [0.25, 0.3) is 0 Å². The summed E-state index contributed by atoms with van der Waals surface area (Å²) in [5.74, 6) is 0.851. The number of benzene rings is 1. The Balaban J connectivity index is 1.83. The molecule has 92 valence electrons. The third kappa shape index (κ3) is 2.15. The summed E-state index contributed by atoms with van der Waals surface area (Å²) in [6.45, 7) is 1.44. The maximum absolute atomic E-state index is 5.41. The van der Waals surface area contributed by atoms with Gasteiger partial charge >= 0.3 is 0 Å². The predicted molar refractivity (Wildman–Crippen MR) is 72.0 cm³/mol. The van der Waals surface area contributed by atoms with Crippen LogP contribution in [0.15, 0.2) is 36.5 Å². The van der Waals surface area contributed by atoms with E-state index in [0.717, 1.165) is 23.8 Å². The van der Waals surface area contributed by atoms with Crippen LogP contribution >= 0.6 is 0 Å². The first-order valence-corrected chi connectivity index (χ1v) is 5.95. The molecular formula is C14H15N3O. The lowest BCUT2D eigenvalue weighted by molar-refractivity contribution is 0.134. The molecule has 1 aromatic heterocycles. The second-order valence-corrected chi connectivity index (χ2v) is 4.28. The van der Waals surface area contributed by atoms with Crippen LogP contribution in [-0.4, -0.2) is 12.0 Å². The van der Waals surface area contributed by atoms with Crippen LogP contribution in [0.3, 0.4) is 0 Å². The van der Waals surface area contributed by atoms with Crippen molar-refractivity contribution in [1.29, 1.82) is 0 Å². The Kier molecular flexibility index (Phi) is 2.86. The molecule has 4 heteroatoms. The summed E-state index contributed by atoms with van der Waals surface area (Å²) in [5, 5.41) is 6.40. The Labute approximate surface area is 106 Å². The summed E-state index contributed by atoms with van der Waals surface area (Å²) < 4.78 is 5.41. The Hall–Kier alpha value is -2.07. The first-order valence-electron chi connectivity index (χ1n) is 5.95. The van der Waals surface area contributed by atoms with Gasteiger partial charge in [0.15, 0.2) is 0 Å². The highest BCUT2D eigenvalue weighted by molar-refractivity contribution is 5.63. The number of fused-ring (bicyclic) bond motifs is 1. The molecule has 2 aromatic rings. The fourth-order valence-electron chi connectivity index (χ4n) is 2.06. The van der Waals surface area contributed by atoms with E-state index in [9.17, 15) is 0 Å². The van der Waals surface area contributed by atoms with E-state index in [4.69, 9.17) is 4.74 Å². The molecule has 0 bridgehead atoms. The maximum atomic E-state index is 5.41. The minimum absolute atomic E-state index is 0.711. The van der Waals surface area contributed by atoms with Crippen molar-refractivity contribution in [2.45, 2.75) is 13.2 Å². The topological polar surface area (TPSA) is 46.2 Å². The van der Waals surface area contributed by atoms with E-state index in [1.54, 1.807) is 6.20 Å². The first-order chi connectivity index (χ1) is 8.85. The Bertz CT molecular complexity index is 569. The van der Waals surface area contributed by atoms with Gasteiger partial charge < -0.3 is 15.4 Å². The smallest absolute Gasteiger partial charge is 0.127 e. The Morgan fingerprint density at radius 1 is 1.06 bits per heavy atom. The number of pyridine rings is 1. The average molecular weight is 241 g/mol. The SMILES string of the molecule is CNc1cc(Nc2ccc3c(c2)COC3)ccn1.